The van der Waals surface area contributed by atoms with Gasteiger partial charge in [0.05, 0.1) is 22.6 Å². The molecule has 0 bridgehead atoms. The first-order valence-corrected chi connectivity index (χ1v) is 10.2. The molecule has 0 unspecified atom stereocenters. The van der Waals surface area contributed by atoms with E-state index in [0.717, 1.165) is 28.4 Å². The quantitative estimate of drug-likeness (QED) is 0.501. The zero-order valence-corrected chi connectivity index (χ0v) is 17.4. The Labute approximate surface area is 173 Å². The summed E-state index contributed by atoms with van der Waals surface area (Å²) in [6.07, 6.45) is 5.89. The maximum Gasteiger partial charge on any atom is 0.217 e. The maximum absolute atomic E-state index is 11.7. The highest BCUT2D eigenvalue weighted by atomic mass is 79.9. The molecule has 3 atom stereocenters. The fourth-order valence-corrected chi connectivity index (χ4v) is 4.63. The predicted octanol–water partition coefficient (Wildman–Crippen LogP) is 3.74. The molecule has 0 amide bonds. The second-order valence-electron chi connectivity index (χ2n) is 7.40. The fourth-order valence-electron chi connectivity index (χ4n) is 4.00. The number of nitrogens with zero attached hydrogens (tertiary/aromatic N) is 2. The minimum Gasteiger partial charge on any atom is -0.365 e. The van der Waals surface area contributed by atoms with Crippen LogP contribution in [0.2, 0.25) is 0 Å². The van der Waals surface area contributed by atoms with E-state index < -0.39 is 5.72 Å². The topological polar surface area (TPSA) is 59.9 Å². The summed E-state index contributed by atoms with van der Waals surface area (Å²) in [7, 11) is 0. The van der Waals surface area contributed by atoms with Gasteiger partial charge >= 0.3 is 0 Å². The molecule has 1 fully saturated rings. The van der Waals surface area contributed by atoms with Crippen LogP contribution in [-0.4, -0.2) is 10.8 Å². The molecule has 0 spiro atoms. The Balaban J connectivity index is 1.93. The molecular weight excluding hydrogens is 422 g/mol. The summed E-state index contributed by atoms with van der Waals surface area (Å²) in [6, 6.07) is 14.0. The molecule has 138 valence electrons. The van der Waals surface area contributed by atoms with Crippen LogP contribution in [0.4, 0.5) is 0 Å². The Morgan fingerprint density at radius 1 is 1.22 bits per heavy atom. The highest BCUT2D eigenvalue weighted by Crippen LogP contribution is 2.52. The Kier molecular flexibility index (Phi) is 4.79. The predicted molar refractivity (Wildman–Crippen MR) is 110 cm³/mol. The van der Waals surface area contributed by atoms with Crippen molar-refractivity contribution in [2.75, 3.05) is 0 Å². The number of rotatable bonds is 3. The van der Waals surface area contributed by atoms with E-state index in [1.54, 1.807) is 0 Å². The van der Waals surface area contributed by atoms with E-state index in [2.05, 4.69) is 39.9 Å². The first-order chi connectivity index (χ1) is 12.9. The molecule has 1 aliphatic carbocycles. The molecule has 27 heavy (non-hydrogen) atoms. The van der Waals surface area contributed by atoms with Crippen molar-refractivity contribution in [2.24, 2.45) is 5.92 Å². The highest BCUT2D eigenvalue weighted by molar-refractivity contribution is 9.10. The zero-order valence-electron chi connectivity index (χ0n) is 14.9. The number of hydrogen-bond donors (Lipinski definition) is 3. The Morgan fingerprint density at radius 2 is 1.85 bits per heavy atom. The van der Waals surface area contributed by atoms with Gasteiger partial charge in [0.2, 0.25) is 11.8 Å². The van der Waals surface area contributed by atoms with E-state index in [4.69, 9.17) is 0 Å². The van der Waals surface area contributed by atoms with Gasteiger partial charge in [-0.2, -0.15) is 9.83 Å². The van der Waals surface area contributed by atoms with Crippen molar-refractivity contribution in [1.82, 2.24) is 5.32 Å². The van der Waals surface area contributed by atoms with Crippen molar-refractivity contribution in [2.45, 2.75) is 37.5 Å². The average molecular weight is 443 g/mol. The lowest BCUT2D eigenvalue weighted by molar-refractivity contribution is -0.742. The fraction of sp³-hybridized carbons (Fsp3) is 0.333. The Morgan fingerprint density at radius 3 is 2.41 bits per heavy atom. The lowest BCUT2D eigenvalue weighted by Gasteiger charge is -2.42. The van der Waals surface area contributed by atoms with E-state index in [1.807, 2.05) is 60.3 Å². The monoisotopic (exact) mass is 442 g/mol. The summed E-state index contributed by atoms with van der Waals surface area (Å²) in [4.78, 5) is 0. The van der Waals surface area contributed by atoms with Gasteiger partial charge in [-0.15, -0.1) is 12.6 Å². The lowest BCUT2D eigenvalue weighted by Crippen LogP contribution is -2.65. The smallest absolute Gasteiger partial charge is 0.217 e. The number of hydrogen-bond acceptors (Lipinski definition) is 4. The number of nitrogens with one attached hydrogen (secondary N) is 1. The normalized spacial score (nSPS) is 27.8. The number of pyridine rings is 1. The molecule has 1 saturated carbocycles. The number of aryl methyl sites for hydroxylation is 1. The second-order valence-corrected chi connectivity index (χ2v) is 8.76. The lowest BCUT2D eigenvalue weighted by atomic mass is 9.76. The van der Waals surface area contributed by atoms with E-state index in [9.17, 15) is 10.4 Å². The molecule has 2 aromatic rings. The summed E-state index contributed by atoms with van der Waals surface area (Å²) >= 11 is 8.02. The van der Waals surface area contributed by atoms with Crippen LogP contribution in [0.1, 0.15) is 35.9 Å². The summed E-state index contributed by atoms with van der Waals surface area (Å²) < 4.78 is 3.01. The molecule has 2 aliphatic rings. The summed E-state index contributed by atoms with van der Waals surface area (Å²) in [5.74, 6) is -0.160. The van der Waals surface area contributed by atoms with Crippen molar-refractivity contribution in [3.05, 3.63) is 75.0 Å². The van der Waals surface area contributed by atoms with Gasteiger partial charge in [-0.25, -0.2) is 0 Å². The zero-order chi connectivity index (χ0) is 19.2. The molecule has 4 nitrogen and oxygen atoms in total. The summed E-state index contributed by atoms with van der Waals surface area (Å²) in [6.45, 7) is 2.04. The number of aromatic nitrogens is 1. The van der Waals surface area contributed by atoms with Crippen molar-refractivity contribution >= 4 is 28.6 Å². The van der Waals surface area contributed by atoms with Crippen LogP contribution in [0.3, 0.4) is 0 Å². The first kappa shape index (κ1) is 18.5. The van der Waals surface area contributed by atoms with Crippen LogP contribution in [0.15, 0.2) is 63.9 Å². The summed E-state index contributed by atoms with van der Waals surface area (Å²) in [5, 5.41) is 25.3. The minimum atomic E-state index is -1.16. The van der Waals surface area contributed by atoms with E-state index >= 15 is 0 Å². The third-order valence-electron chi connectivity index (χ3n) is 5.54. The van der Waals surface area contributed by atoms with Crippen molar-refractivity contribution in [3.63, 3.8) is 0 Å². The second kappa shape index (κ2) is 6.97. The standard InChI is InChI=1S/C21H20BrN3OS/c1-13-8-10-25(11-9-13)19-18(14-2-6-16(22)7-3-14)17(12-23)20(27)24-21(19,26)15-4-5-15/h2-3,6-11,15,18-19,24,26H,4-5H2,1H3/p+1/t18-,19+,21+/m1/s1. The molecule has 1 aromatic heterocycles. The van der Waals surface area contributed by atoms with Gasteiger partial charge in [0.1, 0.15) is 0 Å². The Bertz CT molecular complexity index is 931. The van der Waals surface area contributed by atoms with Crippen LogP contribution in [-0.2, 0) is 0 Å². The number of benzene rings is 1. The molecule has 0 radical (unpaired) electrons. The van der Waals surface area contributed by atoms with Crippen molar-refractivity contribution < 1.29 is 9.67 Å². The largest absolute Gasteiger partial charge is 0.365 e. The molecular formula is C21H21BrN3OS+. The first-order valence-electron chi connectivity index (χ1n) is 9.00. The van der Waals surface area contributed by atoms with Crippen molar-refractivity contribution in [3.8, 4) is 6.07 Å². The van der Waals surface area contributed by atoms with Crippen LogP contribution in [0.25, 0.3) is 0 Å². The van der Waals surface area contributed by atoms with Gasteiger partial charge in [-0.3, -0.25) is 0 Å². The molecule has 2 N–H and O–H groups in total. The molecule has 4 rings (SSSR count). The molecule has 1 aliphatic heterocycles. The van der Waals surface area contributed by atoms with E-state index in [1.165, 1.54) is 0 Å². The van der Waals surface area contributed by atoms with Gasteiger partial charge < -0.3 is 10.4 Å². The highest BCUT2D eigenvalue weighted by Gasteiger charge is 2.60. The van der Waals surface area contributed by atoms with Gasteiger partial charge in [0.25, 0.3) is 0 Å². The van der Waals surface area contributed by atoms with E-state index in [-0.39, 0.29) is 17.9 Å². The average Bonchev–Trinajstić information content (AvgIpc) is 3.49. The SMILES string of the molecule is Cc1cc[n+]([C@H]2[C@H](c3ccc(Br)cc3)C(C#N)=C(S)N[C@]2(O)C2CC2)cc1. The van der Waals surface area contributed by atoms with Crippen LogP contribution >= 0.6 is 28.6 Å². The molecule has 2 heterocycles. The van der Waals surface area contributed by atoms with Gasteiger partial charge in [0, 0.05) is 22.5 Å². The van der Waals surface area contributed by atoms with Gasteiger partial charge in [-0.05, 0) is 43.0 Å². The van der Waals surface area contributed by atoms with Crippen LogP contribution in [0.5, 0.6) is 0 Å². The van der Waals surface area contributed by atoms with Crippen LogP contribution < -0.4 is 9.88 Å². The summed E-state index contributed by atoms with van der Waals surface area (Å²) in [5.41, 5.74) is 1.52. The third kappa shape index (κ3) is 3.29. The number of allylic oxidation sites excluding steroid dienone is 1. The Hall–Kier alpha value is -1.81. The van der Waals surface area contributed by atoms with E-state index in [0.29, 0.717) is 10.6 Å². The maximum atomic E-state index is 11.7. The molecule has 0 saturated heterocycles. The molecule has 6 heteroatoms. The number of halogens is 1. The number of nitriles is 1. The van der Waals surface area contributed by atoms with Crippen LogP contribution in [0, 0.1) is 24.2 Å². The van der Waals surface area contributed by atoms with Gasteiger partial charge in [0.15, 0.2) is 12.4 Å². The number of thiol groups is 1. The van der Waals surface area contributed by atoms with Crippen molar-refractivity contribution in [1.29, 1.82) is 5.26 Å². The third-order valence-corrected chi connectivity index (χ3v) is 6.42. The van der Waals surface area contributed by atoms with Gasteiger partial charge in [-0.1, -0.05) is 28.1 Å². The molecule has 1 aromatic carbocycles. The minimum absolute atomic E-state index is 0.136. The number of aliphatic hydroxyl groups is 1.